The van der Waals surface area contributed by atoms with Gasteiger partial charge in [-0.1, -0.05) is 24.6 Å². The predicted molar refractivity (Wildman–Crippen MR) is 79.1 cm³/mol. The fourth-order valence-corrected chi connectivity index (χ4v) is 2.90. The van der Waals surface area contributed by atoms with Crippen LogP contribution in [0.3, 0.4) is 0 Å². The van der Waals surface area contributed by atoms with Gasteiger partial charge in [-0.3, -0.25) is 0 Å². The Bertz CT molecular complexity index is 439. The van der Waals surface area contributed by atoms with Crippen LogP contribution < -0.4 is 4.74 Å². The molecule has 3 unspecified atom stereocenters. The fourth-order valence-electron chi connectivity index (χ4n) is 2.90. The van der Waals surface area contributed by atoms with E-state index >= 15 is 0 Å². The van der Waals surface area contributed by atoms with Crippen molar-refractivity contribution in [1.82, 2.24) is 0 Å². The standard InChI is InChI=1S/C17H26O2/c1-6-14(10-16-13(5)19-16)15-9-11(3)8-12(4)17(15)18-7-2/h8-9,13-14,16H,6-7,10H2,1-5H3. The maximum absolute atomic E-state index is 5.89. The summed E-state index contributed by atoms with van der Waals surface area (Å²) in [5, 5.41) is 0. The molecule has 0 N–H and O–H groups in total. The van der Waals surface area contributed by atoms with Crippen LogP contribution in [-0.2, 0) is 4.74 Å². The Balaban J connectivity index is 2.28. The zero-order valence-corrected chi connectivity index (χ0v) is 12.8. The molecule has 2 nitrogen and oxygen atoms in total. The molecule has 2 rings (SSSR count). The van der Waals surface area contributed by atoms with Gasteiger partial charge in [-0.25, -0.2) is 0 Å². The van der Waals surface area contributed by atoms with Gasteiger partial charge in [0, 0.05) is 0 Å². The molecule has 0 saturated carbocycles. The smallest absolute Gasteiger partial charge is 0.125 e. The second-order valence-electron chi connectivity index (χ2n) is 5.65. The summed E-state index contributed by atoms with van der Waals surface area (Å²) in [6.45, 7) is 11.5. The zero-order valence-electron chi connectivity index (χ0n) is 12.8. The van der Waals surface area contributed by atoms with Crippen LogP contribution in [0.2, 0.25) is 0 Å². The van der Waals surface area contributed by atoms with Crippen molar-refractivity contribution in [1.29, 1.82) is 0 Å². The quantitative estimate of drug-likeness (QED) is 0.710. The lowest BCUT2D eigenvalue weighted by molar-refractivity contribution is 0.325. The lowest BCUT2D eigenvalue weighted by Gasteiger charge is -2.21. The Kier molecular flexibility index (Phi) is 4.51. The predicted octanol–water partition coefficient (Wildman–Crippen LogP) is 4.37. The minimum absolute atomic E-state index is 0.440. The maximum Gasteiger partial charge on any atom is 0.125 e. The summed E-state index contributed by atoms with van der Waals surface area (Å²) in [5.41, 5.74) is 3.93. The lowest BCUT2D eigenvalue weighted by atomic mass is 9.88. The Labute approximate surface area is 117 Å². The SMILES string of the molecule is CCOc1c(C)cc(C)cc1C(CC)CC1OC1C. The van der Waals surface area contributed by atoms with Gasteiger partial charge in [-0.2, -0.15) is 0 Å². The van der Waals surface area contributed by atoms with Crippen molar-refractivity contribution in [2.24, 2.45) is 0 Å². The van der Waals surface area contributed by atoms with Crippen LogP contribution in [-0.4, -0.2) is 18.8 Å². The van der Waals surface area contributed by atoms with Crippen LogP contribution in [0.15, 0.2) is 12.1 Å². The highest BCUT2D eigenvalue weighted by molar-refractivity contribution is 5.46. The van der Waals surface area contributed by atoms with E-state index in [2.05, 4.69) is 46.8 Å². The third kappa shape index (κ3) is 3.30. The first-order valence-corrected chi connectivity index (χ1v) is 7.46. The van der Waals surface area contributed by atoms with Crippen LogP contribution in [0.25, 0.3) is 0 Å². The number of hydrogen-bond donors (Lipinski definition) is 0. The molecule has 1 fully saturated rings. The molecule has 3 atom stereocenters. The third-order valence-corrected chi connectivity index (χ3v) is 4.02. The number of epoxide rings is 1. The Morgan fingerprint density at radius 2 is 1.95 bits per heavy atom. The first kappa shape index (κ1) is 14.4. The van der Waals surface area contributed by atoms with E-state index in [9.17, 15) is 0 Å². The van der Waals surface area contributed by atoms with Gasteiger partial charge in [0.25, 0.3) is 0 Å². The molecule has 1 saturated heterocycles. The molecule has 106 valence electrons. The third-order valence-electron chi connectivity index (χ3n) is 4.02. The van der Waals surface area contributed by atoms with Crippen LogP contribution in [0, 0.1) is 13.8 Å². The van der Waals surface area contributed by atoms with Gasteiger partial charge < -0.3 is 9.47 Å². The van der Waals surface area contributed by atoms with Crippen molar-refractivity contribution >= 4 is 0 Å². The number of benzene rings is 1. The monoisotopic (exact) mass is 262 g/mol. The molecule has 1 aromatic rings. The topological polar surface area (TPSA) is 21.8 Å². The first-order valence-electron chi connectivity index (χ1n) is 7.46. The average molecular weight is 262 g/mol. The van der Waals surface area contributed by atoms with Gasteiger partial charge >= 0.3 is 0 Å². The van der Waals surface area contributed by atoms with E-state index in [0.717, 1.165) is 25.2 Å². The minimum Gasteiger partial charge on any atom is -0.493 e. The molecule has 0 radical (unpaired) electrons. The summed E-state index contributed by atoms with van der Waals surface area (Å²) in [6, 6.07) is 4.50. The van der Waals surface area contributed by atoms with Gasteiger partial charge in [0.2, 0.25) is 0 Å². The van der Waals surface area contributed by atoms with Crippen molar-refractivity contribution in [3.05, 3.63) is 28.8 Å². The second-order valence-corrected chi connectivity index (χ2v) is 5.65. The number of ether oxygens (including phenoxy) is 2. The average Bonchev–Trinajstić information content (AvgIpc) is 3.05. The van der Waals surface area contributed by atoms with Crippen LogP contribution in [0.5, 0.6) is 5.75 Å². The minimum atomic E-state index is 0.440. The maximum atomic E-state index is 5.89. The molecule has 0 aromatic heterocycles. The van der Waals surface area contributed by atoms with Gasteiger partial charge in [0.05, 0.1) is 18.8 Å². The molecule has 0 spiro atoms. The summed E-state index contributed by atoms with van der Waals surface area (Å²) in [6.07, 6.45) is 3.13. The van der Waals surface area contributed by atoms with E-state index in [-0.39, 0.29) is 0 Å². The van der Waals surface area contributed by atoms with Crippen LogP contribution in [0.1, 0.15) is 56.2 Å². The molecule has 0 aliphatic carbocycles. The summed E-state index contributed by atoms with van der Waals surface area (Å²) in [5.74, 6) is 1.63. The van der Waals surface area contributed by atoms with Gasteiger partial charge in [0.15, 0.2) is 0 Å². The highest BCUT2D eigenvalue weighted by atomic mass is 16.6. The molecule has 0 amide bonds. The highest BCUT2D eigenvalue weighted by Gasteiger charge is 2.36. The Morgan fingerprint density at radius 1 is 1.26 bits per heavy atom. The lowest BCUT2D eigenvalue weighted by Crippen LogP contribution is -2.08. The van der Waals surface area contributed by atoms with E-state index in [1.807, 2.05) is 0 Å². The van der Waals surface area contributed by atoms with Crippen molar-refractivity contribution in [2.75, 3.05) is 6.61 Å². The fraction of sp³-hybridized carbons (Fsp3) is 0.647. The normalized spacial score (nSPS) is 23.2. The summed E-state index contributed by atoms with van der Waals surface area (Å²) in [7, 11) is 0. The van der Waals surface area contributed by atoms with Crippen molar-refractivity contribution < 1.29 is 9.47 Å². The molecule has 2 heteroatoms. The molecule has 1 heterocycles. The van der Waals surface area contributed by atoms with Crippen LogP contribution >= 0.6 is 0 Å². The van der Waals surface area contributed by atoms with E-state index < -0.39 is 0 Å². The van der Waals surface area contributed by atoms with Gasteiger partial charge in [0.1, 0.15) is 5.75 Å². The van der Waals surface area contributed by atoms with Crippen molar-refractivity contribution in [3.63, 3.8) is 0 Å². The summed E-state index contributed by atoms with van der Waals surface area (Å²) in [4.78, 5) is 0. The number of aryl methyl sites for hydroxylation is 2. The Hall–Kier alpha value is -1.02. The first-order chi connectivity index (χ1) is 9.06. The molecule has 0 bridgehead atoms. The molecule has 1 aliphatic rings. The van der Waals surface area contributed by atoms with Gasteiger partial charge in [-0.15, -0.1) is 0 Å². The largest absolute Gasteiger partial charge is 0.493 e. The van der Waals surface area contributed by atoms with Gasteiger partial charge in [-0.05, 0) is 57.6 Å². The number of rotatable bonds is 6. The highest BCUT2D eigenvalue weighted by Crippen LogP contribution is 2.39. The van der Waals surface area contributed by atoms with Crippen LogP contribution in [0.4, 0.5) is 0 Å². The molecule has 1 aliphatic heterocycles. The second kappa shape index (κ2) is 5.96. The van der Waals surface area contributed by atoms with E-state index in [0.29, 0.717) is 18.1 Å². The molecule has 19 heavy (non-hydrogen) atoms. The number of hydrogen-bond acceptors (Lipinski definition) is 2. The van der Waals surface area contributed by atoms with E-state index in [1.165, 1.54) is 16.7 Å². The molecular weight excluding hydrogens is 236 g/mol. The molecular formula is C17H26O2. The molecule has 1 aromatic carbocycles. The van der Waals surface area contributed by atoms with Crippen molar-refractivity contribution in [2.45, 2.75) is 65.6 Å². The Morgan fingerprint density at radius 3 is 2.47 bits per heavy atom. The zero-order chi connectivity index (χ0) is 14.0. The summed E-state index contributed by atoms with van der Waals surface area (Å²) >= 11 is 0. The van der Waals surface area contributed by atoms with Crippen molar-refractivity contribution in [3.8, 4) is 5.75 Å². The van der Waals surface area contributed by atoms with E-state index in [1.54, 1.807) is 0 Å². The summed E-state index contributed by atoms with van der Waals surface area (Å²) < 4.78 is 11.5. The van der Waals surface area contributed by atoms with E-state index in [4.69, 9.17) is 9.47 Å².